The molecule has 1 amide bonds. The fraction of sp³-hybridized carbons (Fsp3) is 0.300. The van der Waals surface area contributed by atoms with Gasteiger partial charge < -0.3 is 0 Å². The average Bonchev–Trinajstić information content (AvgIpc) is 2.57. The zero-order valence-corrected chi connectivity index (χ0v) is 9.47. The molecule has 14 heavy (non-hydrogen) atoms. The monoisotopic (exact) mass is 254 g/mol. The van der Waals surface area contributed by atoms with Gasteiger partial charge in [-0.25, -0.2) is 0 Å². The number of anilines is 1. The van der Waals surface area contributed by atoms with Crippen LogP contribution in [0, 0.1) is 6.92 Å². The summed E-state index contributed by atoms with van der Waals surface area (Å²) in [4.78, 5) is 13.2. The highest BCUT2D eigenvalue weighted by Gasteiger charge is 2.21. The maximum atomic E-state index is 11.4. The number of nitrogens with one attached hydrogen (secondary N) is 1. The number of hydrogen-bond donors (Lipinski definition) is 1. The van der Waals surface area contributed by atoms with E-state index in [1.54, 1.807) is 4.90 Å². The van der Waals surface area contributed by atoms with Crippen LogP contribution in [0.4, 0.5) is 5.69 Å². The summed E-state index contributed by atoms with van der Waals surface area (Å²) in [5.41, 5.74) is 2.12. The van der Waals surface area contributed by atoms with Crippen molar-refractivity contribution in [2.24, 2.45) is 0 Å². The molecule has 1 N–H and O–H groups in total. The molecule has 4 heteroatoms. The molecular formula is C10H11BrN2O. The number of carbonyl (C=O) groups is 1. The highest BCUT2D eigenvalue weighted by atomic mass is 79.9. The molecule has 0 spiro atoms. The molecular weight excluding hydrogens is 244 g/mol. The number of carbonyl (C=O) groups excluding carboxylic acids is 1. The maximum Gasteiger partial charge on any atom is 0.242 e. The Morgan fingerprint density at radius 2 is 2.29 bits per heavy atom. The summed E-state index contributed by atoms with van der Waals surface area (Å²) >= 11 is 3.45. The summed E-state index contributed by atoms with van der Waals surface area (Å²) in [6, 6.07) is 5.94. The van der Waals surface area contributed by atoms with Crippen molar-refractivity contribution in [2.45, 2.75) is 6.92 Å². The predicted molar refractivity (Wildman–Crippen MR) is 59.2 cm³/mol. The van der Waals surface area contributed by atoms with Gasteiger partial charge in [-0.1, -0.05) is 22.0 Å². The lowest BCUT2D eigenvalue weighted by molar-refractivity contribution is -0.116. The summed E-state index contributed by atoms with van der Waals surface area (Å²) in [6.07, 6.45) is 0. The minimum atomic E-state index is 0.126. The summed E-state index contributed by atoms with van der Waals surface area (Å²) < 4.78 is 1.04. The Morgan fingerprint density at radius 3 is 2.86 bits per heavy atom. The van der Waals surface area contributed by atoms with Gasteiger partial charge in [-0.05, 0) is 24.6 Å². The molecule has 74 valence electrons. The molecule has 1 saturated heterocycles. The first-order valence-corrected chi connectivity index (χ1v) is 5.25. The van der Waals surface area contributed by atoms with Crippen LogP contribution in [0.3, 0.4) is 0 Å². The topological polar surface area (TPSA) is 32.3 Å². The van der Waals surface area contributed by atoms with Crippen LogP contribution in [0.1, 0.15) is 5.56 Å². The van der Waals surface area contributed by atoms with Crippen LogP contribution in [0.5, 0.6) is 0 Å². The van der Waals surface area contributed by atoms with Crippen molar-refractivity contribution < 1.29 is 4.79 Å². The van der Waals surface area contributed by atoms with Crippen LogP contribution >= 0.6 is 15.9 Å². The van der Waals surface area contributed by atoms with Crippen LogP contribution in [0.15, 0.2) is 22.7 Å². The molecule has 2 rings (SSSR count). The predicted octanol–water partition coefficient (Wildman–Crippen LogP) is 1.65. The van der Waals surface area contributed by atoms with Gasteiger partial charge in [0, 0.05) is 10.2 Å². The van der Waals surface area contributed by atoms with E-state index in [4.69, 9.17) is 0 Å². The summed E-state index contributed by atoms with van der Waals surface area (Å²) in [5, 5.41) is 3.02. The lowest BCUT2D eigenvalue weighted by Crippen LogP contribution is -2.25. The summed E-state index contributed by atoms with van der Waals surface area (Å²) in [7, 11) is 0. The molecule has 0 unspecified atom stereocenters. The van der Waals surface area contributed by atoms with Gasteiger partial charge in [0.25, 0.3) is 0 Å². The van der Waals surface area contributed by atoms with E-state index >= 15 is 0 Å². The second-order valence-electron chi connectivity index (χ2n) is 3.34. The van der Waals surface area contributed by atoms with Gasteiger partial charge >= 0.3 is 0 Å². The summed E-state index contributed by atoms with van der Waals surface area (Å²) in [5.74, 6) is 0.126. The van der Waals surface area contributed by atoms with E-state index in [9.17, 15) is 4.79 Å². The van der Waals surface area contributed by atoms with Crippen molar-refractivity contribution >= 4 is 27.5 Å². The third kappa shape index (κ3) is 1.67. The van der Waals surface area contributed by atoms with Gasteiger partial charge in [0.15, 0.2) is 0 Å². The average molecular weight is 255 g/mol. The zero-order valence-electron chi connectivity index (χ0n) is 7.88. The number of aryl methyl sites for hydroxylation is 1. The largest absolute Gasteiger partial charge is 0.298 e. The quantitative estimate of drug-likeness (QED) is 0.827. The van der Waals surface area contributed by atoms with E-state index in [-0.39, 0.29) is 5.91 Å². The standard InChI is InChI=1S/C10H11BrN2O/c1-7-2-3-8(4-9(7)11)13-6-12-5-10(13)14/h2-4,12H,5-6H2,1H3. The van der Waals surface area contributed by atoms with Crippen LogP contribution in [0.25, 0.3) is 0 Å². The van der Waals surface area contributed by atoms with Crippen molar-refractivity contribution in [2.75, 3.05) is 18.1 Å². The third-order valence-corrected chi connectivity index (χ3v) is 3.17. The maximum absolute atomic E-state index is 11.4. The smallest absolute Gasteiger partial charge is 0.242 e. The molecule has 0 aromatic heterocycles. The van der Waals surface area contributed by atoms with Gasteiger partial charge in [0.05, 0.1) is 13.2 Å². The molecule has 0 aliphatic carbocycles. The lowest BCUT2D eigenvalue weighted by Gasteiger charge is -2.15. The molecule has 3 nitrogen and oxygen atoms in total. The fourth-order valence-corrected chi connectivity index (χ4v) is 1.81. The molecule has 1 aliphatic rings. The van der Waals surface area contributed by atoms with Crippen LogP contribution < -0.4 is 10.2 Å². The van der Waals surface area contributed by atoms with Crippen molar-refractivity contribution in [1.29, 1.82) is 0 Å². The van der Waals surface area contributed by atoms with Gasteiger partial charge in [0.1, 0.15) is 0 Å². The SMILES string of the molecule is Cc1ccc(N2CNCC2=O)cc1Br. The second-order valence-corrected chi connectivity index (χ2v) is 4.19. The van der Waals surface area contributed by atoms with Gasteiger partial charge in [0.2, 0.25) is 5.91 Å². The Labute approximate surface area is 91.2 Å². The number of benzene rings is 1. The zero-order chi connectivity index (χ0) is 10.1. The van der Waals surface area contributed by atoms with Crippen molar-refractivity contribution in [3.8, 4) is 0 Å². The second kappa shape index (κ2) is 3.71. The molecule has 1 fully saturated rings. The van der Waals surface area contributed by atoms with E-state index < -0.39 is 0 Å². The summed E-state index contributed by atoms with van der Waals surface area (Å²) in [6.45, 7) is 3.07. The van der Waals surface area contributed by atoms with Crippen molar-refractivity contribution in [3.05, 3.63) is 28.2 Å². The minimum Gasteiger partial charge on any atom is -0.298 e. The Hall–Kier alpha value is -0.870. The van der Waals surface area contributed by atoms with E-state index in [1.165, 1.54) is 5.56 Å². The highest BCUT2D eigenvalue weighted by Crippen LogP contribution is 2.24. The number of halogens is 1. The van der Waals surface area contributed by atoms with Gasteiger partial charge in [-0.2, -0.15) is 0 Å². The van der Waals surface area contributed by atoms with Crippen LogP contribution in [-0.2, 0) is 4.79 Å². The number of nitrogens with zero attached hydrogens (tertiary/aromatic N) is 1. The molecule has 0 atom stereocenters. The van der Waals surface area contributed by atoms with Crippen molar-refractivity contribution in [1.82, 2.24) is 5.32 Å². The van der Waals surface area contributed by atoms with E-state index in [2.05, 4.69) is 21.2 Å². The Kier molecular flexibility index (Phi) is 2.56. The molecule has 1 heterocycles. The van der Waals surface area contributed by atoms with Crippen LogP contribution in [-0.4, -0.2) is 19.1 Å². The minimum absolute atomic E-state index is 0.126. The molecule has 1 aliphatic heterocycles. The normalized spacial score (nSPS) is 16.4. The van der Waals surface area contributed by atoms with Gasteiger partial charge in [-0.15, -0.1) is 0 Å². The molecule has 0 radical (unpaired) electrons. The van der Waals surface area contributed by atoms with E-state index in [0.29, 0.717) is 13.2 Å². The molecule has 1 aromatic rings. The van der Waals surface area contributed by atoms with E-state index in [1.807, 2.05) is 25.1 Å². The number of hydrogen-bond acceptors (Lipinski definition) is 2. The molecule has 0 bridgehead atoms. The lowest BCUT2D eigenvalue weighted by atomic mass is 10.2. The third-order valence-electron chi connectivity index (χ3n) is 2.31. The van der Waals surface area contributed by atoms with E-state index in [0.717, 1.165) is 10.2 Å². The fourth-order valence-electron chi connectivity index (χ4n) is 1.44. The first-order chi connectivity index (χ1) is 6.68. The first-order valence-electron chi connectivity index (χ1n) is 4.46. The first kappa shape index (κ1) is 9.68. The van der Waals surface area contributed by atoms with Gasteiger partial charge in [-0.3, -0.25) is 15.0 Å². The highest BCUT2D eigenvalue weighted by molar-refractivity contribution is 9.10. The Balaban J connectivity index is 2.32. The van der Waals surface area contributed by atoms with Crippen molar-refractivity contribution in [3.63, 3.8) is 0 Å². The Morgan fingerprint density at radius 1 is 1.50 bits per heavy atom. The Bertz CT molecular complexity index is 378. The molecule has 0 saturated carbocycles. The number of rotatable bonds is 1. The van der Waals surface area contributed by atoms with Crippen LogP contribution in [0.2, 0.25) is 0 Å². The molecule has 1 aromatic carbocycles. The number of amides is 1.